The molecule has 0 aliphatic heterocycles. The van der Waals surface area contributed by atoms with Crippen molar-refractivity contribution < 1.29 is 5.11 Å². The predicted molar refractivity (Wildman–Crippen MR) is 126 cm³/mol. The minimum atomic E-state index is -0.482. The van der Waals surface area contributed by atoms with Crippen molar-refractivity contribution in [3.63, 3.8) is 0 Å². The van der Waals surface area contributed by atoms with Crippen LogP contribution in [0.1, 0.15) is 85.5 Å². The highest BCUT2D eigenvalue weighted by Crippen LogP contribution is 2.67. The zero-order chi connectivity index (χ0) is 22.0. The number of rotatable bonds is 3. The number of anilines is 1. The standard InChI is InChI=1S/C27H43N3O/c1-18(16-30-17-20(28)15-29-30)22-7-8-23-21-6-5-19-9-11-25(2,31)13-14-26(19,3)24(21)10-12-27(22,23)4/h5,15,17-18,21-24,31H,6-14,16,28H2,1-4H3/t18-,21-,22+,23?,24?,25-,26-,27+/m0/s1. The summed E-state index contributed by atoms with van der Waals surface area (Å²) in [6.07, 6.45) is 17.3. The van der Waals surface area contributed by atoms with E-state index in [1.807, 2.05) is 6.20 Å². The molecule has 31 heavy (non-hydrogen) atoms. The molecular formula is C27H43N3O. The lowest BCUT2D eigenvalue weighted by molar-refractivity contribution is -0.0495. The van der Waals surface area contributed by atoms with Crippen LogP contribution in [-0.4, -0.2) is 20.5 Å². The third-order valence-corrected chi connectivity index (χ3v) is 10.6. The Morgan fingerprint density at radius 2 is 1.94 bits per heavy atom. The zero-order valence-corrected chi connectivity index (χ0v) is 20.1. The smallest absolute Gasteiger partial charge is 0.0719 e. The van der Waals surface area contributed by atoms with E-state index in [1.165, 1.54) is 32.1 Å². The average Bonchev–Trinajstić information content (AvgIpc) is 3.25. The van der Waals surface area contributed by atoms with Crippen LogP contribution < -0.4 is 5.73 Å². The Kier molecular flexibility index (Phi) is 5.12. The number of nitrogens with zero attached hydrogens (tertiary/aromatic N) is 2. The Morgan fingerprint density at radius 3 is 2.68 bits per heavy atom. The first-order valence-electron chi connectivity index (χ1n) is 12.8. The molecule has 0 radical (unpaired) electrons. The molecule has 4 aliphatic carbocycles. The highest BCUT2D eigenvalue weighted by atomic mass is 16.3. The van der Waals surface area contributed by atoms with E-state index in [0.717, 1.165) is 61.6 Å². The Hall–Kier alpha value is -1.29. The van der Waals surface area contributed by atoms with Gasteiger partial charge < -0.3 is 10.8 Å². The quantitative estimate of drug-likeness (QED) is 0.600. The summed E-state index contributed by atoms with van der Waals surface area (Å²) in [6.45, 7) is 10.7. The van der Waals surface area contributed by atoms with Gasteiger partial charge in [-0.3, -0.25) is 4.68 Å². The summed E-state index contributed by atoms with van der Waals surface area (Å²) in [5.74, 6) is 3.88. The summed E-state index contributed by atoms with van der Waals surface area (Å²) in [5.41, 5.74) is 8.62. The molecular weight excluding hydrogens is 382 g/mol. The number of hydrogen-bond donors (Lipinski definition) is 2. The van der Waals surface area contributed by atoms with Crippen molar-refractivity contribution in [2.75, 3.05) is 5.73 Å². The summed E-state index contributed by atoms with van der Waals surface area (Å²) in [5, 5.41) is 15.2. The van der Waals surface area contributed by atoms with Gasteiger partial charge in [0.25, 0.3) is 0 Å². The number of aromatic nitrogens is 2. The maximum atomic E-state index is 10.8. The first-order valence-corrected chi connectivity index (χ1v) is 12.8. The molecule has 0 saturated heterocycles. The molecule has 172 valence electrons. The molecule has 2 unspecified atom stereocenters. The molecule has 4 nitrogen and oxygen atoms in total. The van der Waals surface area contributed by atoms with Crippen molar-refractivity contribution in [1.82, 2.24) is 9.78 Å². The van der Waals surface area contributed by atoms with E-state index < -0.39 is 5.60 Å². The molecule has 8 atom stereocenters. The van der Waals surface area contributed by atoms with Crippen LogP contribution in [0.4, 0.5) is 5.69 Å². The molecule has 0 aromatic carbocycles. The summed E-state index contributed by atoms with van der Waals surface area (Å²) < 4.78 is 2.05. The Bertz CT molecular complexity index is 856. The SMILES string of the molecule is C[C@@H](Cn1cc(N)cn1)[C@H]1CCC2[C@@H]3CC=C4CC[C@](C)(O)CC[C@]4(C)C3CC[C@@]21C. The fraction of sp³-hybridized carbons (Fsp3) is 0.815. The number of fused-ring (bicyclic) bond motifs is 5. The van der Waals surface area contributed by atoms with Crippen LogP contribution in [0.2, 0.25) is 0 Å². The molecule has 3 saturated carbocycles. The fourth-order valence-electron chi connectivity index (χ4n) is 8.83. The van der Waals surface area contributed by atoms with Gasteiger partial charge in [0.05, 0.1) is 17.5 Å². The lowest BCUT2D eigenvalue weighted by atomic mass is 9.48. The molecule has 0 spiro atoms. The van der Waals surface area contributed by atoms with Gasteiger partial charge in [0.1, 0.15) is 0 Å². The van der Waals surface area contributed by atoms with E-state index in [0.29, 0.717) is 16.7 Å². The summed E-state index contributed by atoms with van der Waals surface area (Å²) in [4.78, 5) is 0. The number of aliphatic hydroxyl groups is 1. The predicted octanol–water partition coefficient (Wildman–Crippen LogP) is 5.82. The van der Waals surface area contributed by atoms with Crippen LogP contribution in [0, 0.1) is 40.4 Å². The van der Waals surface area contributed by atoms with Gasteiger partial charge in [0.15, 0.2) is 0 Å². The Balaban J connectivity index is 1.37. The summed E-state index contributed by atoms with van der Waals surface area (Å²) in [7, 11) is 0. The zero-order valence-electron chi connectivity index (χ0n) is 20.1. The summed E-state index contributed by atoms with van der Waals surface area (Å²) >= 11 is 0. The van der Waals surface area contributed by atoms with Gasteiger partial charge in [-0.25, -0.2) is 0 Å². The highest BCUT2D eigenvalue weighted by molar-refractivity contribution is 5.30. The molecule has 0 amide bonds. The van der Waals surface area contributed by atoms with E-state index in [2.05, 4.69) is 43.6 Å². The van der Waals surface area contributed by atoms with Gasteiger partial charge in [-0.15, -0.1) is 0 Å². The number of nitrogens with two attached hydrogens (primary N) is 1. The van der Waals surface area contributed by atoms with Gasteiger partial charge >= 0.3 is 0 Å². The minimum Gasteiger partial charge on any atom is -0.396 e. The first-order chi connectivity index (χ1) is 14.6. The molecule has 1 aromatic rings. The van der Waals surface area contributed by atoms with Crippen molar-refractivity contribution in [2.45, 2.75) is 97.6 Å². The topological polar surface area (TPSA) is 64.1 Å². The molecule has 4 heteroatoms. The highest BCUT2D eigenvalue weighted by Gasteiger charge is 2.59. The molecule has 1 heterocycles. The fourth-order valence-corrected chi connectivity index (χ4v) is 8.83. The van der Waals surface area contributed by atoms with Gasteiger partial charge in [-0.1, -0.05) is 32.4 Å². The molecule has 4 aliphatic rings. The molecule has 1 aromatic heterocycles. The van der Waals surface area contributed by atoms with Crippen LogP contribution in [0.5, 0.6) is 0 Å². The minimum absolute atomic E-state index is 0.307. The van der Waals surface area contributed by atoms with Crippen LogP contribution in [-0.2, 0) is 6.54 Å². The number of nitrogen functional groups attached to an aromatic ring is 1. The van der Waals surface area contributed by atoms with Crippen LogP contribution in [0.15, 0.2) is 24.0 Å². The Labute approximate surface area is 188 Å². The number of hydrogen-bond acceptors (Lipinski definition) is 3. The second-order valence-corrected chi connectivity index (χ2v) is 12.5. The van der Waals surface area contributed by atoms with Gasteiger partial charge in [0, 0.05) is 12.7 Å². The lowest BCUT2D eigenvalue weighted by Gasteiger charge is -2.57. The Morgan fingerprint density at radius 1 is 1.13 bits per heavy atom. The van der Waals surface area contributed by atoms with Crippen molar-refractivity contribution >= 4 is 5.69 Å². The van der Waals surface area contributed by atoms with Crippen LogP contribution >= 0.6 is 0 Å². The van der Waals surface area contributed by atoms with Crippen LogP contribution in [0.25, 0.3) is 0 Å². The third-order valence-electron chi connectivity index (χ3n) is 10.6. The molecule has 3 N–H and O–H groups in total. The van der Waals surface area contributed by atoms with Crippen molar-refractivity contribution in [3.05, 3.63) is 24.0 Å². The lowest BCUT2D eigenvalue weighted by Crippen LogP contribution is -2.49. The maximum absolute atomic E-state index is 10.8. The van der Waals surface area contributed by atoms with E-state index >= 15 is 0 Å². The van der Waals surface area contributed by atoms with Crippen molar-refractivity contribution in [3.8, 4) is 0 Å². The second kappa shape index (κ2) is 7.37. The van der Waals surface area contributed by atoms with E-state index in [-0.39, 0.29) is 0 Å². The third kappa shape index (κ3) is 3.48. The van der Waals surface area contributed by atoms with E-state index in [4.69, 9.17) is 5.73 Å². The largest absolute Gasteiger partial charge is 0.396 e. The monoisotopic (exact) mass is 425 g/mol. The maximum Gasteiger partial charge on any atom is 0.0719 e. The summed E-state index contributed by atoms with van der Waals surface area (Å²) in [6, 6.07) is 0. The van der Waals surface area contributed by atoms with Gasteiger partial charge in [-0.2, -0.15) is 5.10 Å². The van der Waals surface area contributed by atoms with E-state index in [9.17, 15) is 5.11 Å². The van der Waals surface area contributed by atoms with Crippen molar-refractivity contribution in [1.29, 1.82) is 0 Å². The molecule has 3 fully saturated rings. The first kappa shape index (κ1) is 21.6. The number of allylic oxidation sites excluding steroid dienone is 2. The normalized spacial score (nSPS) is 45.8. The van der Waals surface area contributed by atoms with Crippen molar-refractivity contribution in [2.24, 2.45) is 40.4 Å². The van der Waals surface area contributed by atoms with Gasteiger partial charge in [0.2, 0.25) is 0 Å². The van der Waals surface area contributed by atoms with Gasteiger partial charge in [-0.05, 0) is 105 Å². The molecule has 5 rings (SSSR count). The average molecular weight is 426 g/mol. The molecule has 0 bridgehead atoms. The van der Waals surface area contributed by atoms with Crippen LogP contribution in [0.3, 0.4) is 0 Å². The second-order valence-electron chi connectivity index (χ2n) is 12.5. The van der Waals surface area contributed by atoms with E-state index in [1.54, 1.807) is 11.8 Å².